The van der Waals surface area contributed by atoms with Crippen LogP contribution in [0.2, 0.25) is 5.02 Å². The van der Waals surface area contributed by atoms with Crippen molar-refractivity contribution in [1.82, 2.24) is 0 Å². The number of pyridine rings is 1. The molecule has 0 unspecified atom stereocenters. The lowest BCUT2D eigenvalue weighted by Gasteiger charge is -1.97. The van der Waals surface area contributed by atoms with Crippen LogP contribution in [0.15, 0.2) is 53.2 Å². The van der Waals surface area contributed by atoms with Gasteiger partial charge < -0.3 is 22.1 Å². The van der Waals surface area contributed by atoms with Gasteiger partial charge in [-0.25, -0.2) is 4.52 Å². The predicted molar refractivity (Wildman–Crippen MR) is 64.0 cm³/mol. The van der Waals surface area contributed by atoms with E-state index in [0.717, 1.165) is 11.1 Å². The highest BCUT2D eigenvalue weighted by Gasteiger charge is 2.13. The normalized spacial score (nSPS) is 10.3. The lowest BCUT2D eigenvalue weighted by molar-refractivity contribution is -0.714. The molecule has 0 radical (unpaired) electrons. The number of phenols is 1. The SMILES string of the molecule is Oc1ccc(-c2cc3cccc[n+]3o2)cc1Cl.[Br-]. The Morgan fingerprint density at radius 1 is 1.11 bits per heavy atom. The minimum absolute atomic E-state index is 0. The maximum absolute atomic E-state index is 9.36. The van der Waals surface area contributed by atoms with E-state index in [1.54, 1.807) is 22.8 Å². The number of halogens is 2. The summed E-state index contributed by atoms with van der Waals surface area (Å²) in [5.74, 6) is 0.775. The van der Waals surface area contributed by atoms with Crippen molar-refractivity contribution in [3.05, 3.63) is 53.7 Å². The van der Waals surface area contributed by atoms with Gasteiger partial charge in [-0.2, -0.15) is 0 Å². The fourth-order valence-corrected chi connectivity index (χ4v) is 1.88. The molecule has 2 heterocycles. The third-order valence-corrected chi connectivity index (χ3v) is 2.86. The molecule has 2 aromatic heterocycles. The van der Waals surface area contributed by atoms with E-state index in [2.05, 4.69) is 0 Å². The van der Waals surface area contributed by atoms with Crippen LogP contribution in [0.25, 0.3) is 16.8 Å². The largest absolute Gasteiger partial charge is 1.00 e. The van der Waals surface area contributed by atoms with Gasteiger partial charge in [0.1, 0.15) is 5.75 Å². The highest BCUT2D eigenvalue weighted by atomic mass is 79.9. The van der Waals surface area contributed by atoms with E-state index in [1.165, 1.54) is 0 Å². The minimum atomic E-state index is 0. The first-order chi connectivity index (χ1) is 8.24. The molecule has 3 aromatic rings. The standard InChI is InChI=1S/C13H8ClNO2.BrH/c14-11-7-9(4-5-12(11)16)13-8-10-3-1-2-6-15(10)17-13;/h1-8H;1H. The molecule has 5 heteroatoms. The third kappa shape index (κ3) is 2.21. The summed E-state index contributed by atoms with van der Waals surface area (Å²) in [5.41, 5.74) is 1.79. The van der Waals surface area contributed by atoms with Crippen LogP contribution in [0.3, 0.4) is 0 Å². The second-order valence-electron chi connectivity index (χ2n) is 3.72. The van der Waals surface area contributed by atoms with E-state index in [1.807, 2.05) is 30.5 Å². The van der Waals surface area contributed by atoms with Crippen LogP contribution in [0.4, 0.5) is 0 Å². The topological polar surface area (TPSA) is 37.5 Å². The van der Waals surface area contributed by atoms with E-state index < -0.39 is 0 Å². The van der Waals surface area contributed by atoms with Crippen molar-refractivity contribution in [3.8, 4) is 17.1 Å². The number of aromatic nitrogens is 1. The smallest absolute Gasteiger partial charge is 0.262 e. The Morgan fingerprint density at radius 2 is 1.94 bits per heavy atom. The van der Waals surface area contributed by atoms with Crippen molar-refractivity contribution in [1.29, 1.82) is 0 Å². The van der Waals surface area contributed by atoms with Crippen molar-refractivity contribution < 1.29 is 31.2 Å². The summed E-state index contributed by atoms with van der Waals surface area (Å²) in [6.45, 7) is 0. The molecule has 0 aliphatic carbocycles. The zero-order valence-corrected chi connectivity index (χ0v) is 11.5. The van der Waals surface area contributed by atoms with E-state index in [4.69, 9.17) is 16.1 Å². The molecular formula is C13H9BrClNO2. The molecule has 0 amide bonds. The molecule has 0 aliphatic heterocycles. The van der Waals surface area contributed by atoms with Crippen molar-refractivity contribution in [2.24, 2.45) is 0 Å². The van der Waals surface area contributed by atoms with Crippen molar-refractivity contribution in [3.63, 3.8) is 0 Å². The number of benzene rings is 1. The first kappa shape index (κ1) is 12.9. The molecule has 1 N–H and O–H groups in total. The van der Waals surface area contributed by atoms with Crippen LogP contribution in [-0.2, 0) is 0 Å². The van der Waals surface area contributed by atoms with Gasteiger partial charge in [-0.3, -0.25) is 0 Å². The average molecular weight is 327 g/mol. The summed E-state index contributed by atoms with van der Waals surface area (Å²) >= 11 is 5.86. The second kappa shape index (κ2) is 5.00. The van der Waals surface area contributed by atoms with Crippen molar-refractivity contribution in [2.75, 3.05) is 0 Å². The summed E-state index contributed by atoms with van der Waals surface area (Å²) in [7, 11) is 0. The van der Waals surface area contributed by atoms with Gasteiger partial charge >= 0.3 is 0 Å². The van der Waals surface area contributed by atoms with Crippen LogP contribution in [-0.4, -0.2) is 5.11 Å². The van der Waals surface area contributed by atoms with Crippen LogP contribution in [0.5, 0.6) is 5.75 Å². The molecule has 0 fully saturated rings. The van der Waals surface area contributed by atoms with Gasteiger partial charge in [-0.1, -0.05) is 11.6 Å². The van der Waals surface area contributed by atoms with Crippen LogP contribution >= 0.6 is 11.6 Å². The molecule has 0 saturated heterocycles. The minimum Gasteiger partial charge on any atom is -1.00 e. The molecule has 0 aliphatic rings. The number of hydrogen-bond acceptors (Lipinski definition) is 2. The Bertz CT molecular complexity index is 663. The van der Waals surface area contributed by atoms with Gasteiger partial charge in [0.2, 0.25) is 12.0 Å². The number of phenolic OH excluding ortho intramolecular Hbond substituents is 1. The Morgan fingerprint density at radius 3 is 2.67 bits per heavy atom. The summed E-state index contributed by atoms with van der Waals surface area (Å²) in [5, 5.41) is 9.68. The maximum Gasteiger partial charge on any atom is 0.262 e. The van der Waals surface area contributed by atoms with E-state index >= 15 is 0 Å². The Hall–Kier alpha value is -1.52. The number of rotatable bonds is 1. The van der Waals surface area contributed by atoms with Crippen LogP contribution in [0.1, 0.15) is 0 Å². The third-order valence-electron chi connectivity index (χ3n) is 2.56. The van der Waals surface area contributed by atoms with Crippen molar-refractivity contribution in [2.45, 2.75) is 0 Å². The Balaban J connectivity index is 0.00000120. The average Bonchev–Trinajstić information content (AvgIpc) is 2.76. The summed E-state index contributed by atoms with van der Waals surface area (Å²) < 4.78 is 7.30. The number of hydrogen-bond donors (Lipinski definition) is 1. The fraction of sp³-hybridized carbons (Fsp3) is 0. The van der Waals surface area contributed by atoms with E-state index in [9.17, 15) is 5.11 Å². The molecule has 92 valence electrons. The number of aromatic hydroxyl groups is 1. The van der Waals surface area contributed by atoms with Gasteiger partial charge in [0.05, 0.1) is 11.1 Å². The number of fused-ring (bicyclic) bond motifs is 1. The predicted octanol–water partition coefficient (Wildman–Crippen LogP) is 0.0483. The Labute approximate surface area is 119 Å². The first-order valence-electron chi connectivity index (χ1n) is 5.14. The molecule has 0 atom stereocenters. The van der Waals surface area contributed by atoms with Crippen LogP contribution in [0, 0.1) is 0 Å². The second-order valence-corrected chi connectivity index (χ2v) is 4.12. The number of nitrogens with zero attached hydrogens (tertiary/aromatic N) is 1. The lowest BCUT2D eigenvalue weighted by atomic mass is 10.1. The van der Waals surface area contributed by atoms with Crippen LogP contribution < -0.4 is 21.6 Å². The zero-order valence-electron chi connectivity index (χ0n) is 9.18. The lowest BCUT2D eigenvalue weighted by Crippen LogP contribution is -3.00. The molecule has 18 heavy (non-hydrogen) atoms. The Kier molecular flexibility index (Phi) is 3.59. The highest BCUT2D eigenvalue weighted by Crippen LogP contribution is 2.29. The fourth-order valence-electron chi connectivity index (χ4n) is 1.70. The van der Waals surface area contributed by atoms with Crippen molar-refractivity contribution >= 4 is 17.1 Å². The zero-order chi connectivity index (χ0) is 11.8. The van der Waals surface area contributed by atoms with Gasteiger partial charge in [0.15, 0.2) is 0 Å². The summed E-state index contributed by atoms with van der Waals surface area (Å²) in [6, 6.07) is 12.7. The molecule has 0 spiro atoms. The molecule has 0 bridgehead atoms. The summed E-state index contributed by atoms with van der Waals surface area (Å²) in [4.78, 5) is 0. The monoisotopic (exact) mass is 325 g/mol. The summed E-state index contributed by atoms with van der Waals surface area (Å²) in [6.07, 6.45) is 1.83. The maximum atomic E-state index is 9.36. The molecule has 0 saturated carbocycles. The van der Waals surface area contributed by atoms with Gasteiger partial charge in [0, 0.05) is 22.3 Å². The van der Waals surface area contributed by atoms with E-state index in [0.29, 0.717) is 10.8 Å². The highest BCUT2D eigenvalue weighted by molar-refractivity contribution is 6.32. The van der Waals surface area contributed by atoms with E-state index in [-0.39, 0.29) is 22.7 Å². The molecule has 1 aromatic carbocycles. The van der Waals surface area contributed by atoms with Gasteiger partial charge in [-0.05, 0) is 24.3 Å². The molecule has 3 nitrogen and oxygen atoms in total. The quantitative estimate of drug-likeness (QED) is 0.642. The molecule has 3 rings (SSSR count). The van der Waals surface area contributed by atoms with Gasteiger partial charge in [-0.15, -0.1) is 0 Å². The molecular weight excluding hydrogens is 318 g/mol. The first-order valence-corrected chi connectivity index (χ1v) is 5.51. The van der Waals surface area contributed by atoms with Gasteiger partial charge in [0.25, 0.3) is 5.52 Å².